The van der Waals surface area contributed by atoms with Gasteiger partial charge in [-0.15, -0.1) is 0 Å². The smallest absolute Gasteiger partial charge is 0.293 e. The molecule has 0 atom stereocenters. The summed E-state index contributed by atoms with van der Waals surface area (Å²) < 4.78 is 5.50. The van der Waals surface area contributed by atoms with Gasteiger partial charge in [-0.1, -0.05) is 23.7 Å². The average molecular weight is 332 g/mol. The fraction of sp³-hybridized carbons (Fsp3) is 0.188. The van der Waals surface area contributed by atoms with Gasteiger partial charge in [-0.3, -0.25) is 10.1 Å². The molecule has 0 aromatic heterocycles. The fourth-order valence-corrected chi connectivity index (χ4v) is 2.06. The minimum Gasteiger partial charge on any atom is -0.377 e. The summed E-state index contributed by atoms with van der Waals surface area (Å²) in [6, 6.07) is 13.5. The van der Waals surface area contributed by atoms with Crippen molar-refractivity contribution in [2.24, 2.45) is 0 Å². The summed E-state index contributed by atoms with van der Waals surface area (Å²) in [5, 5.41) is 23.4. The summed E-state index contributed by atoms with van der Waals surface area (Å²) in [4.78, 5) is 10.5. The molecule has 6 nitrogen and oxygen atoms in total. The van der Waals surface area contributed by atoms with Crippen LogP contribution in [0.3, 0.4) is 0 Å². The Labute approximate surface area is 138 Å². The predicted octanol–water partition coefficient (Wildman–Crippen LogP) is 3.75. The first kappa shape index (κ1) is 16.7. The molecule has 0 amide bonds. The number of nitrogens with one attached hydrogen (secondary N) is 1. The van der Waals surface area contributed by atoms with Crippen molar-refractivity contribution < 1.29 is 9.66 Å². The molecule has 0 unspecified atom stereocenters. The molecule has 1 N–H and O–H groups in total. The van der Waals surface area contributed by atoms with Crippen LogP contribution >= 0.6 is 11.6 Å². The number of benzene rings is 2. The molecule has 0 spiro atoms. The van der Waals surface area contributed by atoms with Crippen molar-refractivity contribution in [3.8, 4) is 6.07 Å². The van der Waals surface area contributed by atoms with Crippen molar-refractivity contribution in [2.45, 2.75) is 6.61 Å². The Kier molecular flexibility index (Phi) is 5.92. The van der Waals surface area contributed by atoms with Crippen molar-refractivity contribution in [1.29, 1.82) is 5.26 Å². The Balaban J connectivity index is 1.83. The van der Waals surface area contributed by atoms with Crippen LogP contribution in [0.4, 0.5) is 11.4 Å². The van der Waals surface area contributed by atoms with Gasteiger partial charge in [0.15, 0.2) is 0 Å². The highest BCUT2D eigenvalue weighted by molar-refractivity contribution is 6.30. The van der Waals surface area contributed by atoms with E-state index in [1.807, 2.05) is 18.2 Å². The maximum absolute atomic E-state index is 11.0. The molecule has 118 valence electrons. The Morgan fingerprint density at radius 1 is 1.26 bits per heavy atom. The number of nitro groups is 1. The number of hydrogen-bond acceptors (Lipinski definition) is 5. The third-order valence-electron chi connectivity index (χ3n) is 3.07. The van der Waals surface area contributed by atoms with Crippen LogP contribution in [-0.2, 0) is 11.3 Å². The number of rotatable bonds is 7. The van der Waals surface area contributed by atoms with Gasteiger partial charge in [-0.2, -0.15) is 5.26 Å². The van der Waals surface area contributed by atoms with E-state index in [1.165, 1.54) is 18.2 Å². The van der Waals surface area contributed by atoms with E-state index in [1.54, 1.807) is 12.1 Å². The van der Waals surface area contributed by atoms with Crippen molar-refractivity contribution in [3.05, 3.63) is 68.7 Å². The molecule has 0 heterocycles. The number of hydrogen-bond donors (Lipinski definition) is 1. The van der Waals surface area contributed by atoms with Crippen LogP contribution in [0.25, 0.3) is 0 Å². The van der Waals surface area contributed by atoms with E-state index in [-0.39, 0.29) is 11.3 Å². The van der Waals surface area contributed by atoms with Crippen LogP contribution in [0, 0.1) is 21.4 Å². The molecular weight excluding hydrogens is 318 g/mol. The molecule has 0 bridgehead atoms. The van der Waals surface area contributed by atoms with E-state index in [0.717, 1.165) is 5.56 Å². The predicted molar refractivity (Wildman–Crippen MR) is 87.4 cm³/mol. The highest BCUT2D eigenvalue weighted by Crippen LogP contribution is 2.25. The lowest BCUT2D eigenvalue weighted by Crippen LogP contribution is -2.10. The largest absolute Gasteiger partial charge is 0.377 e. The third kappa shape index (κ3) is 4.95. The zero-order chi connectivity index (χ0) is 16.7. The van der Waals surface area contributed by atoms with E-state index in [0.29, 0.717) is 30.5 Å². The molecule has 2 rings (SSSR count). The number of anilines is 1. The first-order chi connectivity index (χ1) is 11.1. The Hall–Kier alpha value is -2.62. The first-order valence-corrected chi connectivity index (χ1v) is 7.22. The zero-order valence-electron chi connectivity index (χ0n) is 12.2. The van der Waals surface area contributed by atoms with Gasteiger partial charge < -0.3 is 10.1 Å². The Morgan fingerprint density at radius 3 is 2.65 bits per heavy atom. The maximum Gasteiger partial charge on any atom is 0.293 e. The molecule has 0 aliphatic carbocycles. The lowest BCUT2D eigenvalue weighted by molar-refractivity contribution is -0.384. The number of nitrogens with zero attached hydrogens (tertiary/aromatic N) is 2. The molecule has 0 fully saturated rings. The van der Waals surface area contributed by atoms with E-state index in [2.05, 4.69) is 5.32 Å². The topological polar surface area (TPSA) is 88.2 Å². The van der Waals surface area contributed by atoms with E-state index in [4.69, 9.17) is 21.6 Å². The molecule has 0 aliphatic heterocycles. The van der Waals surface area contributed by atoms with Crippen LogP contribution in [-0.4, -0.2) is 18.1 Å². The highest BCUT2D eigenvalue weighted by atomic mass is 35.5. The molecule has 7 heteroatoms. The average Bonchev–Trinajstić information content (AvgIpc) is 2.56. The summed E-state index contributed by atoms with van der Waals surface area (Å²) >= 11 is 5.80. The van der Waals surface area contributed by atoms with E-state index in [9.17, 15) is 10.1 Å². The second-order valence-electron chi connectivity index (χ2n) is 4.71. The summed E-state index contributed by atoms with van der Waals surface area (Å²) in [6.07, 6.45) is 0. The van der Waals surface area contributed by atoms with Gasteiger partial charge in [0, 0.05) is 17.6 Å². The van der Waals surface area contributed by atoms with Crippen LogP contribution in [0.5, 0.6) is 0 Å². The summed E-state index contributed by atoms with van der Waals surface area (Å²) in [5.41, 5.74) is 1.49. The number of nitro benzene ring substituents is 1. The molecule has 0 aliphatic rings. The maximum atomic E-state index is 11.0. The van der Waals surface area contributed by atoms with Crippen LogP contribution in [0.1, 0.15) is 11.1 Å². The molecule has 0 radical (unpaired) electrons. The fourth-order valence-electron chi connectivity index (χ4n) is 1.93. The SMILES string of the molecule is N#Cc1ccc(NCCOCc2ccc(Cl)cc2)c([N+](=O)[O-])c1. The second-order valence-corrected chi connectivity index (χ2v) is 5.14. The van der Waals surface area contributed by atoms with Gasteiger partial charge in [-0.05, 0) is 29.8 Å². The van der Waals surface area contributed by atoms with Gasteiger partial charge in [0.05, 0.1) is 29.8 Å². The Morgan fingerprint density at radius 2 is 2.00 bits per heavy atom. The van der Waals surface area contributed by atoms with Gasteiger partial charge in [-0.25, -0.2) is 0 Å². The standard InChI is InChI=1S/C16H14ClN3O3/c17-14-4-1-12(2-5-14)11-23-8-7-19-15-6-3-13(10-18)9-16(15)20(21)22/h1-6,9,19H,7-8,11H2. The molecule has 2 aromatic rings. The van der Waals surface area contributed by atoms with Gasteiger partial charge >= 0.3 is 0 Å². The third-order valence-corrected chi connectivity index (χ3v) is 3.32. The van der Waals surface area contributed by atoms with Gasteiger partial charge in [0.25, 0.3) is 5.69 Å². The summed E-state index contributed by atoms with van der Waals surface area (Å²) in [6.45, 7) is 1.24. The van der Waals surface area contributed by atoms with Crippen molar-refractivity contribution in [1.82, 2.24) is 0 Å². The van der Waals surface area contributed by atoms with E-state index >= 15 is 0 Å². The Bertz CT molecular complexity index is 726. The minimum absolute atomic E-state index is 0.123. The molecule has 0 saturated heterocycles. The number of ether oxygens (including phenoxy) is 1. The monoisotopic (exact) mass is 331 g/mol. The van der Waals surface area contributed by atoms with Crippen molar-refractivity contribution in [2.75, 3.05) is 18.5 Å². The molecular formula is C16H14ClN3O3. The molecule has 23 heavy (non-hydrogen) atoms. The van der Waals surface area contributed by atoms with Crippen molar-refractivity contribution >= 4 is 23.0 Å². The molecule has 2 aromatic carbocycles. The quantitative estimate of drug-likeness (QED) is 0.474. The summed E-state index contributed by atoms with van der Waals surface area (Å²) in [7, 11) is 0. The van der Waals surface area contributed by atoms with Crippen LogP contribution < -0.4 is 5.32 Å². The van der Waals surface area contributed by atoms with Crippen LogP contribution in [0.2, 0.25) is 5.02 Å². The van der Waals surface area contributed by atoms with Crippen molar-refractivity contribution in [3.63, 3.8) is 0 Å². The highest BCUT2D eigenvalue weighted by Gasteiger charge is 2.14. The summed E-state index contributed by atoms with van der Waals surface area (Å²) in [5.74, 6) is 0. The first-order valence-electron chi connectivity index (χ1n) is 6.85. The van der Waals surface area contributed by atoms with E-state index < -0.39 is 4.92 Å². The lowest BCUT2D eigenvalue weighted by Gasteiger charge is -2.08. The van der Waals surface area contributed by atoms with Crippen LogP contribution in [0.15, 0.2) is 42.5 Å². The van der Waals surface area contributed by atoms with Gasteiger partial charge in [0.2, 0.25) is 0 Å². The minimum atomic E-state index is -0.516. The lowest BCUT2D eigenvalue weighted by atomic mass is 10.2. The second kappa shape index (κ2) is 8.13. The normalized spacial score (nSPS) is 10.1. The number of nitriles is 1. The number of halogens is 1. The zero-order valence-corrected chi connectivity index (χ0v) is 12.9. The molecule has 0 saturated carbocycles. The van der Waals surface area contributed by atoms with Gasteiger partial charge in [0.1, 0.15) is 5.69 Å².